The van der Waals surface area contributed by atoms with E-state index in [1.807, 2.05) is 6.20 Å². The topological polar surface area (TPSA) is 40.7 Å². The third-order valence-corrected chi connectivity index (χ3v) is 8.35. The number of H-pyrrole nitrogens is 1. The number of imidazole rings is 1. The van der Waals surface area contributed by atoms with Gasteiger partial charge >= 0.3 is 0 Å². The molecule has 2 aliphatic carbocycles. The van der Waals surface area contributed by atoms with Crippen molar-refractivity contribution < 1.29 is 0 Å². The van der Waals surface area contributed by atoms with Gasteiger partial charge in [-0.15, -0.1) is 0 Å². The molecule has 0 amide bonds. The first-order valence-corrected chi connectivity index (χ1v) is 11.6. The molecule has 3 nitrogen and oxygen atoms in total. The van der Waals surface area contributed by atoms with E-state index in [2.05, 4.69) is 74.5 Å². The number of benzene rings is 2. The third kappa shape index (κ3) is 2.69. The van der Waals surface area contributed by atoms with Crippen molar-refractivity contribution >= 4 is 15.9 Å². The van der Waals surface area contributed by atoms with Gasteiger partial charge in [-0.2, -0.15) is 0 Å². The second kappa shape index (κ2) is 6.55. The Kier molecular flexibility index (Phi) is 4.04. The Labute approximate surface area is 180 Å². The van der Waals surface area contributed by atoms with Gasteiger partial charge in [-0.05, 0) is 83.9 Å². The number of halogens is 1. The minimum absolute atomic E-state index is 0.380. The number of hydrogen-bond acceptors (Lipinski definition) is 2. The minimum atomic E-state index is 0.380. The highest BCUT2D eigenvalue weighted by Crippen LogP contribution is 2.59. The second-order valence-electron chi connectivity index (χ2n) is 9.21. The lowest BCUT2D eigenvalue weighted by Gasteiger charge is -2.43. The highest BCUT2D eigenvalue weighted by Gasteiger charge is 2.51. The van der Waals surface area contributed by atoms with Crippen LogP contribution in [0.2, 0.25) is 0 Å². The number of fused-ring (bicyclic) bond motifs is 3. The summed E-state index contributed by atoms with van der Waals surface area (Å²) in [5, 5.41) is 3.51. The van der Waals surface area contributed by atoms with Crippen LogP contribution in [0.3, 0.4) is 0 Å². The molecule has 1 aliphatic heterocycles. The lowest BCUT2D eigenvalue weighted by molar-refractivity contribution is 0.163. The van der Waals surface area contributed by atoms with Crippen LogP contribution in [0.25, 0.3) is 22.4 Å². The molecule has 3 aliphatic rings. The maximum absolute atomic E-state index is 4.62. The Bertz CT molecular complexity index is 1080. The predicted molar refractivity (Wildman–Crippen MR) is 121 cm³/mol. The van der Waals surface area contributed by atoms with Crippen LogP contribution in [0.4, 0.5) is 0 Å². The molecule has 6 rings (SSSR count). The number of aromatic amines is 1. The molecule has 1 saturated carbocycles. The van der Waals surface area contributed by atoms with Crippen molar-refractivity contribution in [2.24, 2.45) is 5.92 Å². The normalized spacial score (nSPS) is 27.5. The maximum Gasteiger partial charge on any atom is 0.123 e. The van der Waals surface area contributed by atoms with E-state index < -0.39 is 0 Å². The van der Waals surface area contributed by atoms with Crippen molar-refractivity contribution in [3.63, 3.8) is 0 Å². The first kappa shape index (κ1) is 17.9. The fourth-order valence-corrected chi connectivity index (χ4v) is 6.64. The fourth-order valence-electron chi connectivity index (χ4n) is 5.81. The molecule has 1 aromatic heterocycles. The maximum atomic E-state index is 4.62. The van der Waals surface area contributed by atoms with E-state index in [0.717, 1.165) is 24.0 Å². The summed E-state index contributed by atoms with van der Waals surface area (Å²) in [7, 11) is 0. The van der Waals surface area contributed by atoms with Crippen LogP contribution >= 0.6 is 15.9 Å². The van der Waals surface area contributed by atoms with E-state index in [0.29, 0.717) is 11.5 Å². The Balaban J connectivity index is 1.33. The van der Waals surface area contributed by atoms with Crippen molar-refractivity contribution in [3.05, 3.63) is 64.0 Å². The van der Waals surface area contributed by atoms with Crippen molar-refractivity contribution in [3.8, 4) is 22.4 Å². The summed E-state index contributed by atoms with van der Waals surface area (Å²) in [6, 6.07) is 13.9. The zero-order chi connectivity index (χ0) is 19.6. The first-order valence-electron chi connectivity index (χ1n) is 10.8. The molecule has 1 saturated heterocycles. The molecule has 3 unspecified atom stereocenters. The molecule has 2 heterocycles. The molecule has 0 spiro atoms. The standard InChI is InChI=1S/C25H26BrN3/c1-25-11-10-17(25)13-19-18(8-9-20(26)23(19)25)15-4-6-16(7-5-15)22-14-28-24(29-22)21-3-2-12-27-21/h4-9,14,17,21,27H,2-3,10-13H2,1H3,(H,28,29). The van der Waals surface area contributed by atoms with Crippen LogP contribution in [-0.2, 0) is 11.8 Å². The van der Waals surface area contributed by atoms with Crippen molar-refractivity contribution in [1.82, 2.24) is 15.3 Å². The van der Waals surface area contributed by atoms with Gasteiger partial charge in [0.15, 0.2) is 0 Å². The van der Waals surface area contributed by atoms with Gasteiger partial charge in [0.05, 0.1) is 17.9 Å². The minimum Gasteiger partial charge on any atom is -0.341 e. The van der Waals surface area contributed by atoms with Gasteiger partial charge in [-0.1, -0.05) is 53.2 Å². The average molecular weight is 448 g/mol. The molecule has 4 heteroatoms. The molecule has 2 aromatic carbocycles. The number of hydrogen-bond donors (Lipinski definition) is 2. The number of rotatable bonds is 3. The van der Waals surface area contributed by atoms with Crippen molar-refractivity contribution in [2.45, 2.75) is 50.5 Å². The van der Waals surface area contributed by atoms with E-state index in [1.165, 1.54) is 53.3 Å². The van der Waals surface area contributed by atoms with Gasteiger partial charge in [0.1, 0.15) is 5.82 Å². The summed E-state index contributed by atoms with van der Waals surface area (Å²) in [4.78, 5) is 8.14. The predicted octanol–water partition coefficient (Wildman–Crippen LogP) is 6.15. The summed E-state index contributed by atoms with van der Waals surface area (Å²) in [6.45, 7) is 3.55. The van der Waals surface area contributed by atoms with Crippen molar-refractivity contribution in [2.75, 3.05) is 6.54 Å². The fraction of sp³-hybridized carbons (Fsp3) is 0.400. The van der Waals surface area contributed by atoms with Gasteiger partial charge < -0.3 is 10.3 Å². The van der Waals surface area contributed by atoms with Crippen LogP contribution in [0, 0.1) is 5.92 Å². The third-order valence-electron chi connectivity index (χ3n) is 7.69. The zero-order valence-corrected chi connectivity index (χ0v) is 18.3. The first-order chi connectivity index (χ1) is 14.1. The molecule has 3 aromatic rings. The Morgan fingerprint density at radius 2 is 1.90 bits per heavy atom. The number of nitrogens with one attached hydrogen (secondary N) is 2. The van der Waals surface area contributed by atoms with E-state index in [1.54, 1.807) is 11.1 Å². The Hall–Kier alpha value is -1.91. The van der Waals surface area contributed by atoms with E-state index in [4.69, 9.17) is 0 Å². The molecule has 29 heavy (non-hydrogen) atoms. The monoisotopic (exact) mass is 447 g/mol. The largest absolute Gasteiger partial charge is 0.341 e. The molecule has 2 N–H and O–H groups in total. The molecular formula is C25H26BrN3. The molecule has 2 fully saturated rings. The molecule has 0 radical (unpaired) electrons. The average Bonchev–Trinajstić information content (AvgIpc) is 3.45. The van der Waals surface area contributed by atoms with Crippen LogP contribution in [0.1, 0.15) is 55.6 Å². The van der Waals surface area contributed by atoms with Crippen LogP contribution < -0.4 is 5.32 Å². The smallest absolute Gasteiger partial charge is 0.123 e. The van der Waals surface area contributed by atoms with Gasteiger partial charge in [0.25, 0.3) is 0 Å². The lowest BCUT2D eigenvalue weighted by atomic mass is 9.61. The number of aromatic nitrogens is 2. The Morgan fingerprint density at radius 3 is 2.62 bits per heavy atom. The van der Waals surface area contributed by atoms with Gasteiger partial charge in [-0.25, -0.2) is 4.98 Å². The van der Waals surface area contributed by atoms with Gasteiger partial charge in [-0.3, -0.25) is 0 Å². The summed E-state index contributed by atoms with van der Waals surface area (Å²) >= 11 is 3.85. The van der Waals surface area contributed by atoms with Crippen LogP contribution in [-0.4, -0.2) is 16.5 Å². The molecular weight excluding hydrogens is 422 g/mol. The van der Waals surface area contributed by atoms with Gasteiger partial charge in [0, 0.05) is 4.47 Å². The lowest BCUT2D eigenvalue weighted by Crippen LogP contribution is -2.38. The van der Waals surface area contributed by atoms with Gasteiger partial charge in [0.2, 0.25) is 0 Å². The van der Waals surface area contributed by atoms with E-state index in [-0.39, 0.29) is 0 Å². The highest BCUT2D eigenvalue weighted by atomic mass is 79.9. The second-order valence-corrected chi connectivity index (χ2v) is 10.1. The summed E-state index contributed by atoms with van der Waals surface area (Å²) in [5.41, 5.74) is 8.54. The van der Waals surface area contributed by atoms with E-state index >= 15 is 0 Å². The molecule has 0 bridgehead atoms. The van der Waals surface area contributed by atoms with Crippen molar-refractivity contribution in [1.29, 1.82) is 0 Å². The molecule has 148 valence electrons. The highest BCUT2D eigenvalue weighted by molar-refractivity contribution is 9.10. The summed E-state index contributed by atoms with van der Waals surface area (Å²) in [5.74, 6) is 1.89. The Morgan fingerprint density at radius 1 is 1.07 bits per heavy atom. The van der Waals surface area contributed by atoms with Crippen LogP contribution in [0.5, 0.6) is 0 Å². The zero-order valence-electron chi connectivity index (χ0n) is 16.8. The van der Waals surface area contributed by atoms with E-state index in [9.17, 15) is 0 Å². The summed E-state index contributed by atoms with van der Waals surface area (Å²) in [6.07, 6.45) is 8.28. The SMILES string of the molecule is CC12CCC1Cc1c(-c3ccc(-c4cnc(C5CCCN5)[nH]4)cc3)ccc(Br)c12. The summed E-state index contributed by atoms with van der Waals surface area (Å²) < 4.78 is 1.29. The quantitative estimate of drug-likeness (QED) is 0.504. The molecule has 3 atom stereocenters. The number of nitrogens with zero attached hydrogens (tertiary/aromatic N) is 1. The van der Waals surface area contributed by atoms with Crippen LogP contribution in [0.15, 0.2) is 47.1 Å².